The van der Waals surface area contributed by atoms with Crippen molar-refractivity contribution in [2.45, 2.75) is 25.7 Å². The van der Waals surface area contributed by atoms with Gasteiger partial charge in [0.2, 0.25) is 0 Å². The molecule has 2 rings (SSSR count). The van der Waals surface area contributed by atoms with Gasteiger partial charge in [0, 0.05) is 24.1 Å². The number of hydrogen-bond donors (Lipinski definition) is 1. The summed E-state index contributed by atoms with van der Waals surface area (Å²) in [5.74, 6) is 0. The van der Waals surface area contributed by atoms with Gasteiger partial charge in [-0.05, 0) is 18.6 Å². The molecule has 0 aliphatic carbocycles. The van der Waals surface area contributed by atoms with Crippen LogP contribution in [-0.2, 0) is 11.3 Å². The van der Waals surface area contributed by atoms with Crippen LogP contribution in [0, 0.1) is 0 Å². The smallest absolute Gasteiger partial charge is 0.0936 e. The second kappa shape index (κ2) is 5.96. The van der Waals surface area contributed by atoms with Crippen LogP contribution in [0.4, 0.5) is 0 Å². The molecule has 0 saturated carbocycles. The van der Waals surface area contributed by atoms with E-state index in [-0.39, 0.29) is 18.8 Å². The summed E-state index contributed by atoms with van der Waals surface area (Å²) in [4.78, 5) is 2.33. The highest BCUT2D eigenvalue weighted by atomic mass is 79.9. The van der Waals surface area contributed by atoms with E-state index in [2.05, 4.69) is 39.9 Å². The Bertz CT molecular complexity index is 372. The van der Waals surface area contributed by atoms with E-state index in [0.29, 0.717) is 0 Å². The van der Waals surface area contributed by atoms with Crippen molar-refractivity contribution in [2.75, 3.05) is 19.7 Å². The first kappa shape index (κ1) is 13.0. The number of aliphatic hydroxyl groups excluding tert-OH is 1. The number of morpholine rings is 1. The molecular weight excluding hydrogens is 282 g/mol. The van der Waals surface area contributed by atoms with Crippen molar-refractivity contribution in [2.24, 2.45) is 0 Å². The number of benzene rings is 1. The topological polar surface area (TPSA) is 32.7 Å². The van der Waals surface area contributed by atoms with Gasteiger partial charge in [0.1, 0.15) is 0 Å². The van der Waals surface area contributed by atoms with Gasteiger partial charge in [-0.15, -0.1) is 0 Å². The minimum absolute atomic E-state index is 0.0544. The summed E-state index contributed by atoms with van der Waals surface area (Å²) in [6.07, 6.45) is 0.129. The summed E-state index contributed by atoms with van der Waals surface area (Å²) in [7, 11) is 0. The molecule has 2 unspecified atom stereocenters. The number of nitrogens with zero attached hydrogens (tertiary/aromatic N) is 1. The highest BCUT2D eigenvalue weighted by molar-refractivity contribution is 9.10. The van der Waals surface area contributed by atoms with Gasteiger partial charge in [-0.3, -0.25) is 4.90 Å². The maximum atomic E-state index is 9.19. The SMILES string of the molecule is CC1CN(Cc2ccccc2Br)CC(CO)O1. The van der Waals surface area contributed by atoms with Gasteiger partial charge in [-0.1, -0.05) is 34.1 Å². The fourth-order valence-corrected chi connectivity index (χ4v) is 2.65. The number of rotatable bonds is 3. The number of aliphatic hydroxyl groups is 1. The van der Waals surface area contributed by atoms with Gasteiger partial charge in [-0.25, -0.2) is 0 Å². The van der Waals surface area contributed by atoms with Crippen molar-refractivity contribution in [1.29, 1.82) is 0 Å². The first-order valence-electron chi connectivity index (χ1n) is 5.91. The van der Waals surface area contributed by atoms with Crippen LogP contribution in [0.1, 0.15) is 12.5 Å². The summed E-state index contributed by atoms with van der Waals surface area (Å²) >= 11 is 3.56. The predicted molar refractivity (Wildman–Crippen MR) is 70.8 cm³/mol. The lowest BCUT2D eigenvalue weighted by Crippen LogP contribution is -2.47. The molecule has 1 heterocycles. The molecule has 0 radical (unpaired) electrons. The van der Waals surface area contributed by atoms with Crippen LogP contribution in [0.3, 0.4) is 0 Å². The van der Waals surface area contributed by atoms with E-state index in [1.165, 1.54) is 5.56 Å². The van der Waals surface area contributed by atoms with Crippen LogP contribution in [0.5, 0.6) is 0 Å². The highest BCUT2D eigenvalue weighted by Crippen LogP contribution is 2.20. The Labute approximate surface area is 111 Å². The summed E-state index contributed by atoms with van der Waals surface area (Å²) in [5, 5.41) is 9.19. The van der Waals surface area contributed by atoms with Crippen LogP contribution in [-0.4, -0.2) is 41.9 Å². The molecule has 0 bridgehead atoms. The summed E-state index contributed by atoms with van der Waals surface area (Å²) in [5.41, 5.74) is 1.28. The lowest BCUT2D eigenvalue weighted by Gasteiger charge is -2.36. The van der Waals surface area contributed by atoms with Gasteiger partial charge < -0.3 is 9.84 Å². The lowest BCUT2D eigenvalue weighted by atomic mass is 10.1. The third-order valence-corrected chi connectivity index (χ3v) is 3.73. The maximum absolute atomic E-state index is 9.19. The zero-order chi connectivity index (χ0) is 12.3. The second-order valence-electron chi connectivity index (χ2n) is 4.54. The molecule has 1 N–H and O–H groups in total. The third kappa shape index (κ3) is 3.52. The fraction of sp³-hybridized carbons (Fsp3) is 0.538. The Morgan fingerprint density at radius 2 is 2.18 bits per heavy atom. The molecule has 3 nitrogen and oxygen atoms in total. The first-order chi connectivity index (χ1) is 8.19. The largest absolute Gasteiger partial charge is 0.394 e. The van der Waals surface area contributed by atoms with Crippen LogP contribution in [0.15, 0.2) is 28.7 Å². The van der Waals surface area contributed by atoms with Gasteiger partial charge in [0.05, 0.1) is 18.8 Å². The Morgan fingerprint density at radius 3 is 2.88 bits per heavy atom. The average Bonchev–Trinajstić information content (AvgIpc) is 2.31. The van der Waals surface area contributed by atoms with Crippen molar-refractivity contribution in [1.82, 2.24) is 4.90 Å². The molecule has 0 amide bonds. The van der Waals surface area contributed by atoms with Crippen molar-refractivity contribution in [3.63, 3.8) is 0 Å². The Balaban J connectivity index is 2.01. The Morgan fingerprint density at radius 1 is 1.41 bits per heavy atom. The van der Waals surface area contributed by atoms with Crippen LogP contribution in [0.25, 0.3) is 0 Å². The number of hydrogen-bond acceptors (Lipinski definition) is 3. The molecule has 1 aliphatic heterocycles. The molecule has 1 fully saturated rings. The number of halogens is 1. The minimum atomic E-state index is -0.0544. The van der Waals surface area contributed by atoms with Crippen LogP contribution < -0.4 is 0 Å². The molecule has 1 aromatic rings. The second-order valence-corrected chi connectivity index (χ2v) is 5.39. The molecule has 17 heavy (non-hydrogen) atoms. The predicted octanol–water partition coefficient (Wildman–Crippen LogP) is 2.03. The Hall–Kier alpha value is -0.420. The lowest BCUT2D eigenvalue weighted by molar-refractivity contribution is -0.0973. The quantitative estimate of drug-likeness (QED) is 0.927. The molecule has 94 valence electrons. The third-order valence-electron chi connectivity index (χ3n) is 2.96. The molecule has 0 aromatic heterocycles. The summed E-state index contributed by atoms with van der Waals surface area (Å²) < 4.78 is 6.77. The van der Waals surface area contributed by atoms with Gasteiger partial charge in [0.25, 0.3) is 0 Å². The average molecular weight is 300 g/mol. The number of ether oxygens (including phenoxy) is 1. The van der Waals surface area contributed by atoms with Crippen molar-refractivity contribution in [3.05, 3.63) is 34.3 Å². The van der Waals surface area contributed by atoms with Crippen molar-refractivity contribution in [3.8, 4) is 0 Å². The van der Waals surface area contributed by atoms with E-state index in [4.69, 9.17) is 4.74 Å². The van der Waals surface area contributed by atoms with Crippen molar-refractivity contribution < 1.29 is 9.84 Å². The summed E-state index contributed by atoms with van der Waals surface area (Å²) in [6.45, 7) is 4.75. The highest BCUT2D eigenvalue weighted by Gasteiger charge is 2.24. The Kier molecular flexibility index (Phi) is 4.56. The van der Waals surface area contributed by atoms with Crippen LogP contribution >= 0.6 is 15.9 Å². The van der Waals surface area contributed by atoms with Crippen LogP contribution in [0.2, 0.25) is 0 Å². The normalized spacial score (nSPS) is 26.1. The van der Waals surface area contributed by atoms with E-state index in [1.807, 2.05) is 12.1 Å². The standard InChI is InChI=1S/C13H18BrNO2/c1-10-6-15(8-12(9-16)17-10)7-11-4-2-3-5-13(11)14/h2-5,10,12,16H,6-9H2,1H3. The molecular formula is C13H18BrNO2. The van der Waals surface area contributed by atoms with E-state index < -0.39 is 0 Å². The molecule has 2 atom stereocenters. The first-order valence-corrected chi connectivity index (χ1v) is 6.70. The maximum Gasteiger partial charge on any atom is 0.0936 e. The molecule has 4 heteroatoms. The monoisotopic (exact) mass is 299 g/mol. The summed E-state index contributed by atoms with van der Waals surface area (Å²) in [6, 6.07) is 8.25. The van der Waals surface area contributed by atoms with E-state index in [0.717, 1.165) is 24.1 Å². The van der Waals surface area contributed by atoms with Gasteiger partial charge in [0.15, 0.2) is 0 Å². The van der Waals surface area contributed by atoms with Gasteiger partial charge in [-0.2, -0.15) is 0 Å². The molecule has 0 spiro atoms. The molecule has 1 saturated heterocycles. The zero-order valence-corrected chi connectivity index (χ0v) is 11.6. The van der Waals surface area contributed by atoms with Gasteiger partial charge >= 0.3 is 0 Å². The minimum Gasteiger partial charge on any atom is -0.394 e. The van der Waals surface area contributed by atoms with Crippen molar-refractivity contribution >= 4 is 15.9 Å². The molecule has 1 aromatic carbocycles. The van der Waals surface area contributed by atoms with E-state index in [9.17, 15) is 5.11 Å². The van der Waals surface area contributed by atoms with E-state index in [1.54, 1.807) is 0 Å². The fourth-order valence-electron chi connectivity index (χ4n) is 2.24. The molecule has 1 aliphatic rings. The zero-order valence-electron chi connectivity index (χ0n) is 9.97. The van der Waals surface area contributed by atoms with E-state index >= 15 is 0 Å².